The average molecular weight is 319 g/mol. The van der Waals surface area contributed by atoms with Crippen LogP contribution < -0.4 is 4.74 Å². The fourth-order valence-corrected chi connectivity index (χ4v) is 1.97. The summed E-state index contributed by atoms with van der Waals surface area (Å²) in [6, 6.07) is 1.21. The van der Waals surface area contributed by atoms with E-state index in [1.807, 2.05) is 0 Å². The first-order valence-corrected chi connectivity index (χ1v) is 5.97. The lowest BCUT2D eigenvalue weighted by Gasteiger charge is -2.12. The molecule has 0 spiro atoms. The second-order valence-corrected chi connectivity index (χ2v) is 4.24. The summed E-state index contributed by atoms with van der Waals surface area (Å²) < 4.78 is 23.1. The van der Waals surface area contributed by atoms with Crippen LogP contribution in [0.15, 0.2) is 10.5 Å². The number of benzene rings is 1. The molecule has 18 heavy (non-hydrogen) atoms. The minimum absolute atomic E-state index is 0.0683. The van der Waals surface area contributed by atoms with Gasteiger partial charge in [-0.1, -0.05) is 0 Å². The third-order valence-electron chi connectivity index (χ3n) is 2.25. The van der Waals surface area contributed by atoms with Gasteiger partial charge in [-0.25, -0.2) is 9.18 Å². The minimum Gasteiger partial charge on any atom is -0.496 e. The number of methoxy groups -OCH3 is 1. The Morgan fingerprint density at radius 2 is 2.06 bits per heavy atom. The fourth-order valence-electron chi connectivity index (χ4n) is 1.50. The Morgan fingerprint density at radius 1 is 1.44 bits per heavy atom. The fraction of sp³-hybridized carbons (Fsp3) is 0.333. The van der Waals surface area contributed by atoms with Gasteiger partial charge in [-0.05, 0) is 41.4 Å². The number of ether oxygens (including phenoxy) is 2. The monoisotopic (exact) mass is 318 g/mol. The Labute approximate surface area is 112 Å². The first-order chi connectivity index (χ1) is 8.43. The molecular weight excluding hydrogens is 307 g/mol. The van der Waals surface area contributed by atoms with Crippen LogP contribution in [0.3, 0.4) is 0 Å². The van der Waals surface area contributed by atoms with E-state index in [0.29, 0.717) is 5.56 Å². The second kappa shape index (κ2) is 5.95. The maximum Gasteiger partial charge on any atom is 0.379 e. The van der Waals surface area contributed by atoms with Gasteiger partial charge in [0.05, 0.1) is 23.8 Å². The Bertz CT molecular complexity index is 499. The summed E-state index contributed by atoms with van der Waals surface area (Å²) >= 11 is 2.94. The molecule has 6 heteroatoms. The predicted molar refractivity (Wildman–Crippen MR) is 66.4 cm³/mol. The summed E-state index contributed by atoms with van der Waals surface area (Å²) in [7, 11) is 1.34. The van der Waals surface area contributed by atoms with Crippen molar-refractivity contribution in [3.05, 3.63) is 27.5 Å². The molecule has 0 saturated carbocycles. The van der Waals surface area contributed by atoms with Crippen LogP contribution >= 0.6 is 15.9 Å². The maximum atomic E-state index is 13.6. The standard InChI is InChI=1S/C12H12BrFO4/c1-4-18-12(16)10(15)8-9(13)7(14)5-6(2)11(8)17-3/h5H,4H2,1-3H3. The van der Waals surface area contributed by atoms with Crippen molar-refractivity contribution in [2.45, 2.75) is 13.8 Å². The normalized spacial score (nSPS) is 10.1. The summed E-state index contributed by atoms with van der Waals surface area (Å²) in [4.78, 5) is 23.3. The van der Waals surface area contributed by atoms with Crippen molar-refractivity contribution >= 4 is 27.7 Å². The number of carbonyl (C=O) groups excluding carboxylic acids is 2. The van der Waals surface area contributed by atoms with Gasteiger partial charge in [-0.3, -0.25) is 4.79 Å². The Hall–Kier alpha value is -1.43. The zero-order chi connectivity index (χ0) is 13.9. The van der Waals surface area contributed by atoms with Crippen LogP contribution in [-0.4, -0.2) is 25.5 Å². The molecule has 0 fully saturated rings. The first-order valence-electron chi connectivity index (χ1n) is 5.18. The van der Waals surface area contributed by atoms with Crippen LogP contribution in [0, 0.1) is 12.7 Å². The van der Waals surface area contributed by atoms with E-state index in [9.17, 15) is 14.0 Å². The SMILES string of the molecule is CCOC(=O)C(=O)c1c(Br)c(F)cc(C)c1OC. The molecule has 0 aliphatic carbocycles. The number of ketones is 1. The van der Waals surface area contributed by atoms with E-state index in [2.05, 4.69) is 20.7 Å². The van der Waals surface area contributed by atoms with Crippen LogP contribution in [0.4, 0.5) is 4.39 Å². The number of Topliss-reactive ketones (excluding diaryl/α,β-unsaturated/α-hetero) is 1. The molecule has 0 aromatic heterocycles. The largest absolute Gasteiger partial charge is 0.496 e. The highest BCUT2D eigenvalue weighted by molar-refractivity contribution is 9.10. The van der Waals surface area contributed by atoms with E-state index in [1.165, 1.54) is 13.2 Å². The van der Waals surface area contributed by atoms with Crippen molar-refractivity contribution in [1.82, 2.24) is 0 Å². The molecule has 0 radical (unpaired) electrons. The quantitative estimate of drug-likeness (QED) is 0.486. The minimum atomic E-state index is -1.04. The highest BCUT2D eigenvalue weighted by Crippen LogP contribution is 2.33. The van der Waals surface area contributed by atoms with Crippen molar-refractivity contribution in [3.8, 4) is 5.75 Å². The third-order valence-corrected chi connectivity index (χ3v) is 3.02. The number of halogens is 2. The second-order valence-electron chi connectivity index (χ2n) is 3.45. The topological polar surface area (TPSA) is 52.6 Å². The molecule has 1 aromatic rings. The number of aryl methyl sites for hydroxylation is 1. The Morgan fingerprint density at radius 3 is 2.56 bits per heavy atom. The van der Waals surface area contributed by atoms with Crippen LogP contribution in [0.1, 0.15) is 22.8 Å². The third kappa shape index (κ3) is 2.69. The molecule has 98 valence electrons. The summed E-state index contributed by atoms with van der Waals surface area (Å²) in [5, 5.41) is 0. The van der Waals surface area contributed by atoms with E-state index in [1.54, 1.807) is 13.8 Å². The van der Waals surface area contributed by atoms with Crippen LogP contribution in [0.25, 0.3) is 0 Å². The van der Waals surface area contributed by atoms with Gasteiger partial charge >= 0.3 is 5.97 Å². The zero-order valence-corrected chi connectivity index (χ0v) is 11.8. The maximum absolute atomic E-state index is 13.6. The van der Waals surface area contributed by atoms with Gasteiger partial charge in [-0.15, -0.1) is 0 Å². The molecule has 0 heterocycles. The number of hydrogen-bond donors (Lipinski definition) is 0. The lowest BCUT2D eigenvalue weighted by molar-refractivity contribution is -0.137. The number of hydrogen-bond acceptors (Lipinski definition) is 4. The van der Waals surface area contributed by atoms with Gasteiger partial charge in [0, 0.05) is 0 Å². The van der Waals surface area contributed by atoms with Gasteiger partial charge in [-0.2, -0.15) is 0 Å². The lowest BCUT2D eigenvalue weighted by atomic mass is 10.1. The van der Waals surface area contributed by atoms with E-state index in [4.69, 9.17) is 4.74 Å². The summed E-state index contributed by atoms with van der Waals surface area (Å²) in [6.07, 6.45) is 0. The molecule has 0 saturated heterocycles. The molecule has 0 aliphatic rings. The molecule has 1 aromatic carbocycles. The van der Waals surface area contributed by atoms with Gasteiger partial charge in [0.15, 0.2) is 0 Å². The van der Waals surface area contributed by atoms with E-state index < -0.39 is 17.6 Å². The highest BCUT2D eigenvalue weighted by atomic mass is 79.9. The van der Waals surface area contributed by atoms with Crippen LogP contribution in [0.5, 0.6) is 5.75 Å². The van der Waals surface area contributed by atoms with Crippen molar-refractivity contribution in [2.75, 3.05) is 13.7 Å². The van der Waals surface area contributed by atoms with E-state index in [-0.39, 0.29) is 22.4 Å². The molecule has 4 nitrogen and oxygen atoms in total. The molecule has 0 aliphatic heterocycles. The zero-order valence-electron chi connectivity index (χ0n) is 10.2. The van der Waals surface area contributed by atoms with Crippen molar-refractivity contribution in [1.29, 1.82) is 0 Å². The molecule has 0 unspecified atom stereocenters. The van der Waals surface area contributed by atoms with Crippen molar-refractivity contribution < 1.29 is 23.5 Å². The van der Waals surface area contributed by atoms with Gasteiger partial charge in [0.2, 0.25) is 0 Å². The van der Waals surface area contributed by atoms with E-state index in [0.717, 1.165) is 0 Å². The van der Waals surface area contributed by atoms with Crippen LogP contribution in [0.2, 0.25) is 0 Å². The molecular formula is C12H12BrFO4. The van der Waals surface area contributed by atoms with E-state index >= 15 is 0 Å². The van der Waals surface area contributed by atoms with Gasteiger partial charge in [0.1, 0.15) is 11.6 Å². The molecule has 0 N–H and O–H groups in total. The molecule has 0 bridgehead atoms. The van der Waals surface area contributed by atoms with Crippen molar-refractivity contribution in [3.63, 3.8) is 0 Å². The predicted octanol–water partition coefficient (Wildman–Crippen LogP) is 2.65. The first kappa shape index (κ1) is 14.6. The molecule has 1 rings (SSSR count). The number of esters is 1. The lowest BCUT2D eigenvalue weighted by Crippen LogP contribution is -2.19. The molecule has 0 atom stereocenters. The Balaban J connectivity index is 3.38. The molecule has 0 amide bonds. The number of rotatable bonds is 4. The highest BCUT2D eigenvalue weighted by Gasteiger charge is 2.27. The van der Waals surface area contributed by atoms with Crippen molar-refractivity contribution in [2.24, 2.45) is 0 Å². The number of carbonyl (C=O) groups is 2. The Kier molecular flexibility index (Phi) is 4.84. The summed E-state index contributed by atoms with van der Waals surface area (Å²) in [5.74, 6) is -2.47. The average Bonchev–Trinajstić information content (AvgIpc) is 2.32. The van der Waals surface area contributed by atoms with Crippen LogP contribution in [-0.2, 0) is 9.53 Å². The van der Waals surface area contributed by atoms with Gasteiger partial charge < -0.3 is 9.47 Å². The van der Waals surface area contributed by atoms with Gasteiger partial charge in [0.25, 0.3) is 5.78 Å². The summed E-state index contributed by atoms with van der Waals surface area (Å²) in [5.41, 5.74) is 0.263. The smallest absolute Gasteiger partial charge is 0.379 e. The summed E-state index contributed by atoms with van der Waals surface area (Å²) in [6.45, 7) is 3.23.